The number of benzene rings is 1. The number of aliphatic imine (C=N–C) groups is 1. The van der Waals surface area contributed by atoms with Gasteiger partial charge in [-0.3, -0.25) is 9.89 Å². The monoisotopic (exact) mass is 534 g/mol. The van der Waals surface area contributed by atoms with E-state index in [2.05, 4.69) is 32.3 Å². The molecule has 1 aliphatic carbocycles. The van der Waals surface area contributed by atoms with E-state index in [0.29, 0.717) is 5.75 Å². The molecule has 0 atom stereocenters. The second-order valence-electron chi connectivity index (χ2n) is 7.50. The average Bonchev–Trinajstić information content (AvgIpc) is 2.77. The van der Waals surface area contributed by atoms with Crippen LogP contribution in [0.4, 0.5) is 5.69 Å². The summed E-state index contributed by atoms with van der Waals surface area (Å²) in [4.78, 5) is 7.18. The molecule has 0 unspecified atom stereocenters. The lowest BCUT2D eigenvalue weighted by Gasteiger charge is -2.48. The molecule has 0 spiro atoms. The zero-order chi connectivity index (χ0) is 19.8. The Kier molecular flexibility index (Phi) is 10.2. The molecule has 0 bridgehead atoms. The Labute approximate surface area is 196 Å². The molecule has 1 aromatic rings. The van der Waals surface area contributed by atoms with E-state index in [1.54, 1.807) is 14.2 Å². The van der Waals surface area contributed by atoms with Crippen LogP contribution in [0.3, 0.4) is 0 Å². The Morgan fingerprint density at radius 1 is 1.10 bits per heavy atom. The first kappa shape index (κ1) is 24.4. The van der Waals surface area contributed by atoms with E-state index in [-0.39, 0.29) is 29.5 Å². The van der Waals surface area contributed by atoms with E-state index in [1.807, 2.05) is 25.2 Å². The minimum absolute atomic E-state index is 0. The van der Waals surface area contributed by atoms with E-state index in [1.165, 1.54) is 56.7 Å². The number of hydrogen-bond acceptors (Lipinski definition) is 5. The highest BCUT2D eigenvalue weighted by atomic mass is 127. The zero-order valence-corrected chi connectivity index (χ0v) is 21.0. The van der Waals surface area contributed by atoms with Crippen LogP contribution < -0.4 is 20.1 Å². The van der Waals surface area contributed by atoms with E-state index < -0.39 is 0 Å². The van der Waals surface area contributed by atoms with E-state index in [9.17, 15) is 0 Å². The molecule has 1 saturated heterocycles. The smallest absolute Gasteiger partial charge is 0.195 e. The molecule has 1 saturated carbocycles. The van der Waals surface area contributed by atoms with Crippen LogP contribution in [0.5, 0.6) is 11.5 Å². The summed E-state index contributed by atoms with van der Waals surface area (Å²) in [5.41, 5.74) is 1.19. The summed E-state index contributed by atoms with van der Waals surface area (Å²) in [5, 5.41) is 7.01. The Morgan fingerprint density at radius 3 is 2.41 bits per heavy atom. The second kappa shape index (κ2) is 12.1. The highest BCUT2D eigenvalue weighted by Gasteiger charge is 2.38. The maximum Gasteiger partial charge on any atom is 0.195 e. The van der Waals surface area contributed by atoms with Crippen LogP contribution in [-0.4, -0.2) is 68.8 Å². The molecular formula is C21H35IN4O2S. The summed E-state index contributed by atoms with van der Waals surface area (Å²) >= 11 is 2.08. The molecule has 6 nitrogen and oxygen atoms in total. The normalized spacial score (nSPS) is 19.8. The first-order chi connectivity index (χ1) is 13.7. The summed E-state index contributed by atoms with van der Waals surface area (Å²) in [5.74, 6) is 4.72. The quantitative estimate of drug-likeness (QED) is 0.326. The Morgan fingerprint density at radius 2 is 1.79 bits per heavy atom. The van der Waals surface area contributed by atoms with Crippen molar-refractivity contribution in [3.05, 3.63) is 18.2 Å². The van der Waals surface area contributed by atoms with Crippen molar-refractivity contribution in [1.82, 2.24) is 10.2 Å². The van der Waals surface area contributed by atoms with Crippen molar-refractivity contribution in [3.63, 3.8) is 0 Å². The highest BCUT2D eigenvalue weighted by molar-refractivity contribution is 14.0. The van der Waals surface area contributed by atoms with E-state index in [4.69, 9.17) is 9.47 Å². The molecule has 1 aliphatic heterocycles. The largest absolute Gasteiger partial charge is 0.493 e. The van der Waals surface area contributed by atoms with Gasteiger partial charge in [0.25, 0.3) is 0 Å². The highest BCUT2D eigenvalue weighted by Crippen LogP contribution is 2.35. The van der Waals surface area contributed by atoms with Crippen molar-refractivity contribution in [2.45, 2.75) is 37.6 Å². The van der Waals surface area contributed by atoms with Gasteiger partial charge in [0.15, 0.2) is 17.5 Å². The number of ether oxygens (including phenoxy) is 2. The molecule has 1 aromatic carbocycles. The fourth-order valence-electron chi connectivity index (χ4n) is 4.33. The molecule has 164 valence electrons. The van der Waals surface area contributed by atoms with Crippen molar-refractivity contribution in [3.8, 4) is 11.5 Å². The summed E-state index contributed by atoms with van der Waals surface area (Å²) in [7, 11) is 5.12. The fraction of sp³-hybridized carbons (Fsp3) is 0.667. The Hall–Kier alpha value is -0.870. The van der Waals surface area contributed by atoms with Crippen molar-refractivity contribution < 1.29 is 9.47 Å². The molecular weight excluding hydrogens is 499 g/mol. The molecule has 29 heavy (non-hydrogen) atoms. The summed E-state index contributed by atoms with van der Waals surface area (Å²) in [6.45, 7) is 3.34. The third-order valence-corrected chi connectivity index (χ3v) is 6.86. The number of thioether (sulfide) groups is 1. The number of rotatable bonds is 6. The van der Waals surface area contributed by atoms with Gasteiger partial charge >= 0.3 is 0 Å². The first-order valence-electron chi connectivity index (χ1n) is 10.2. The second-order valence-corrected chi connectivity index (χ2v) is 8.73. The van der Waals surface area contributed by atoms with Gasteiger partial charge in [-0.1, -0.05) is 19.3 Å². The molecule has 1 heterocycles. The molecule has 0 radical (unpaired) electrons. The average molecular weight is 535 g/mol. The van der Waals surface area contributed by atoms with Gasteiger partial charge in [0.2, 0.25) is 0 Å². The summed E-state index contributed by atoms with van der Waals surface area (Å²) < 4.78 is 10.7. The van der Waals surface area contributed by atoms with Crippen LogP contribution in [-0.2, 0) is 0 Å². The van der Waals surface area contributed by atoms with Gasteiger partial charge in [-0.2, -0.15) is 11.8 Å². The van der Waals surface area contributed by atoms with Gasteiger partial charge in [0.1, 0.15) is 0 Å². The van der Waals surface area contributed by atoms with Crippen molar-refractivity contribution in [1.29, 1.82) is 0 Å². The lowest BCUT2D eigenvalue weighted by Crippen LogP contribution is -2.59. The molecule has 3 rings (SSSR count). The summed E-state index contributed by atoms with van der Waals surface area (Å²) in [6, 6.07) is 5.82. The fourth-order valence-corrected chi connectivity index (χ4v) is 5.23. The molecule has 0 aromatic heterocycles. The van der Waals surface area contributed by atoms with Gasteiger partial charge in [-0.05, 0) is 25.0 Å². The molecule has 2 fully saturated rings. The minimum Gasteiger partial charge on any atom is -0.493 e. The minimum atomic E-state index is 0. The zero-order valence-electron chi connectivity index (χ0n) is 17.8. The standard InChI is InChI=1S/C21H34N4O2S.HI/c1-22-20(24-17-7-8-18(26-2)19(15-17)27-3)23-16-21(9-5-4-6-10-21)25-11-13-28-14-12-25;/h7-8,15H,4-6,9-14,16H2,1-3H3,(H2,22,23,24);1H. The van der Waals surface area contributed by atoms with Gasteiger partial charge in [-0.15, -0.1) is 24.0 Å². The third kappa shape index (κ3) is 6.30. The summed E-state index contributed by atoms with van der Waals surface area (Å²) in [6.07, 6.45) is 6.57. The van der Waals surface area contributed by atoms with E-state index in [0.717, 1.165) is 23.9 Å². The van der Waals surface area contributed by atoms with Crippen molar-refractivity contribution in [2.75, 3.05) is 57.7 Å². The maximum atomic E-state index is 5.41. The molecule has 8 heteroatoms. The predicted molar refractivity (Wildman–Crippen MR) is 135 cm³/mol. The SMILES string of the molecule is CN=C(NCC1(N2CCSCC2)CCCCC1)Nc1ccc(OC)c(OC)c1.I. The first-order valence-corrected chi connectivity index (χ1v) is 11.4. The van der Waals surface area contributed by atoms with Crippen LogP contribution in [0.1, 0.15) is 32.1 Å². The number of guanidine groups is 1. The van der Waals surface area contributed by atoms with Crippen LogP contribution in [0, 0.1) is 0 Å². The van der Waals surface area contributed by atoms with Crippen molar-refractivity contribution in [2.24, 2.45) is 4.99 Å². The van der Waals surface area contributed by atoms with Gasteiger partial charge < -0.3 is 20.1 Å². The number of halogens is 1. The number of nitrogens with zero attached hydrogens (tertiary/aromatic N) is 2. The molecule has 2 aliphatic rings. The van der Waals surface area contributed by atoms with Crippen LogP contribution in [0.15, 0.2) is 23.2 Å². The molecule has 0 amide bonds. The van der Waals surface area contributed by atoms with Gasteiger partial charge in [0.05, 0.1) is 14.2 Å². The van der Waals surface area contributed by atoms with Crippen LogP contribution >= 0.6 is 35.7 Å². The third-order valence-electron chi connectivity index (χ3n) is 5.92. The lowest BCUT2D eigenvalue weighted by atomic mass is 9.80. The number of nitrogens with one attached hydrogen (secondary N) is 2. The topological polar surface area (TPSA) is 58.1 Å². The maximum absolute atomic E-state index is 5.41. The Balaban J connectivity index is 0.00000300. The van der Waals surface area contributed by atoms with Crippen LogP contribution in [0.2, 0.25) is 0 Å². The number of methoxy groups -OCH3 is 2. The molecule has 2 N–H and O–H groups in total. The lowest BCUT2D eigenvalue weighted by molar-refractivity contribution is 0.0628. The van der Waals surface area contributed by atoms with Gasteiger partial charge in [-0.25, -0.2) is 0 Å². The predicted octanol–water partition coefficient (Wildman–Crippen LogP) is 4.06. The Bertz CT molecular complexity index is 662. The van der Waals surface area contributed by atoms with Crippen LogP contribution in [0.25, 0.3) is 0 Å². The number of anilines is 1. The van der Waals surface area contributed by atoms with Crippen molar-refractivity contribution >= 4 is 47.4 Å². The van der Waals surface area contributed by atoms with Gasteiger partial charge in [0, 0.05) is 55.5 Å². The number of hydrogen-bond donors (Lipinski definition) is 2. The van der Waals surface area contributed by atoms with E-state index >= 15 is 0 Å².